The summed E-state index contributed by atoms with van der Waals surface area (Å²) >= 11 is 0. The van der Waals surface area contributed by atoms with Crippen LogP contribution in [0.3, 0.4) is 0 Å². The molecule has 3 rings (SSSR count). The second-order valence-corrected chi connectivity index (χ2v) is 4.90. The van der Waals surface area contributed by atoms with Crippen molar-refractivity contribution < 1.29 is 9.84 Å². The third kappa shape index (κ3) is 3.48. The van der Waals surface area contributed by atoms with Crippen LogP contribution in [0.5, 0.6) is 5.88 Å². The van der Waals surface area contributed by atoms with Gasteiger partial charge in [-0.25, -0.2) is 4.98 Å². The molecule has 0 saturated heterocycles. The summed E-state index contributed by atoms with van der Waals surface area (Å²) in [5, 5.41) is 9.16. The maximum atomic E-state index is 9.16. The van der Waals surface area contributed by atoms with Gasteiger partial charge in [0.1, 0.15) is 6.61 Å². The van der Waals surface area contributed by atoms with E-state index < -0.39 is 0 Å². The molecular formula is C18H16N2O2. The molecule has 0 fully saturated rings. The van der Waals surface area contributed by atoms with Crippen molar-refractivity contribution in [1.82, 2.24) is 9.97 Å². The van der Waals surface area contributed by atoms with E-state index in [0.29, 0.717) is 12.5 Å². The molecule has 110 valence electrons. The molecule has 4 nitrogen and oxygen atoms in total. The van der Waals surface area contributed by atoms with Crippen LogP contribution < -0.4 is 4.74 Å². The lowest BCUT2D eigenvalue weighted by Crippen LogP contribution is -1.97. The van der Waals surface area contributed by atoms with Gasteiger partial charge in [0.05, 0.1) is 6.61 Å². The van der Waals surface area contributed by atoms with Crippen molar-refractivity contribution in [3.63, 3.8) is 0 Å². The molecule has 0 aliphatic rings. The molecule has 1 N–H and O–H groups in total. The standard InChI is InChI=1S/C18H16N2O2/c21-12-15-8-17(10-19-9-15)16-6-7-18(20-11-16)22-13-14-4-2-1-3-5-14/h1-11,21H,12-13H2. The molecule has 2 heterocycles. The fourth-order valence-electron chi connectivity index (χ4n) is 2.10. The van der Waals surface area contributed by atoms with Crippen molar-refractivity contribution in [3.05, 3.63) is 78.2 Å². The fraction of sp³-hybridized carbons (Fsp3) is 0.111. The van der Waals surface area contributed by atoms with Crippen LogP contribution in [-0.2, 0) is 13.2 Å². The van der Waals surface area contributed by atoms with Gasteiger partial charge in [-0.1, -0.05) is 30.3 Å². The number of ether oxygens (including phenoxy) is 1. The molecule has 0 spiro atoms. The first-order valence-electron chi connectivity index (χ1n) is 7.03. The lowest BCUT2D eigenvalue weighted by Gasteiger charge is -2.07. The minimum absolute atomic E-state index is 0.0213. The number of aliphatic hydroxyl groups excluding tert-OH is 1. The van der Waals surface area contributed by atoms with Crippen LogP contribution in [0, 0.1) is 0 Å². The van der Waals surface area contributed by atoms with Gasteiger partial charge < -0.3 is 9.84 Å². The quantitative estimate of drug-likeness (QED) is 0.784. The minimum Gasteiger partial charge on any atom is -0.473 e. The summed E-state index contributed by atoms with van der Waals surface area (Å²) in [6.07, 6.45) is 5.15. The van der Waals surface area contributed by atoms with Crippen LogP contribution in [0.4, 0.5) is 0 Å². The van der Waals surface area contributed by atoms with Crippen molar-refractivity contribution in [3.8, 4) is 17.0 Å². The average molecular weight is 292 g/mol. The first-order chi connectivity index (χ1) is 10.8. The number of hydrogen-bond donors (Lipinski definition) is 1. The predicted octanol–water partition coefficient (Wildman–Crippen LogP) is 3.21. The Balaban J connectivity index is 1.69. The zero-order valence-corrected chi connectivity index (χ0v) is 12.0. The summed E-state index contributed by atoms with van der Waals surface area (Å²) in [5.74, 6) is 0.582. The summed E-state index contributed by atoms with van der Waals surface area (Å²) in [6.45, 7) is 0.473. The highest BCUT2D eigenvalue weighted by atomic mass is 16.5. The molecule has 0 unspecified atom stereocenters. The summed E-state index contributed by atoms with van der Waals surface area (Å²) < 4.78 is 5.66. The van der Waals surface area contributed by atoms with Crippen LogP contribution in [0.1, 0.15) is 11.1 Å². The Morgan fingerprint density at radius 3 is 2.45 bits per heavy atom. The topological polar surface area (TPSA) is 55.2 Å². The summed E-state index contributed by atoms with van der Waals surface area (Å²) in [5.41, 5.74) is 3.75. The molecule has 0 aliphatic heterocycles. The van der Waals surface area contributed by atoms with E-state index in [4.69, 9.17) is 9.84 Å². The Hall–Kier alpha value is -2.72. The third-order valence-electron chi connectivity index (χ3n) is 3.28. The van der Waals surface area contributed by atoms with E-state index in [1.54, 1.807) is 18.6 Å². The lowest BCUT2D eigenvalue weighted by atomic mass is 10.1. The molecule has 0 aliphatic carbocycles. The van der Waals surface area contributed by atoms with Gasteiger partial charge in [-0.15, -0.1) is 0 Å². The first-order valence-corrected chi connectivity index (χ1v) is 7.03. The largest absolute Gasteiger partial charge is 0.473 e. The molecule has 0 saturated carbocycles. The van der Waals surface area contributed by atoms with E-state index in [1.807, 2.05) is 48.5 Å². The maximum absolute atomic E-state index is 9.16. The van der Waals surface area contributed by atoms with E-state index in [1.165, 1.54) is 0 Å². The molecule has 3 aromatic rings. The first kappa shape index (κ1) is 14.2. The average Bonchev–Trinajstić information content (AvgIpc) is 2.61. The molecule has 1 aromatic carbocycles. The van der Waals surface area contributed by atoms with Crippen LogP contribution in [0.25, 0.3) is 11.1 Å². The second-order valence-electron chi connectivity index (χ2n) is 4.90. The van der Waals surface area contributed by atoms with Gasteiger partial charge in [-0.2, -0.15) is 0 Å². The highest BCUT2D eigenvalue weighted by Gasteiger charge is 2.02. The SMILES string of the molecule is OCc1cncc(-c2ccc(OCc3ccccc3)nc2)c1. The molecule has 2 aromatic heterocycles. The number of rotatable bonds is 5. The zero-order valence-electron chi connectivity index (χ0n) is 12.0. The second kappa shape index (κ2) is 6.83. The molecule has 0 radical (unpaired) electrons. The molecular weight excluding hydrogens is 276 g/mol. The van der Waals surface area contributed by atoms with Crippen LogP contribution in [-0.4, -0.2) is 15.1 Å². The highest BCUT2D eigenvalue weighted by Crippen LogP contribution is 2.21. The Labute approximate surface area is 129 Å². The summed E-state index contributed by atoms with van der Waals surface area (Å²) in [6, 6.07) is 15.6. The highest BCUT2D eigenvalue weighted by molar-refractivity contribution is 5.62. The van der Waals surface area contributed by atoms with E-state index in [0.717, 1.165) is 22.3 Å². The van der Waals surface area contributed by atoms with Gasteiger partial charge in [-0.3, -0.25) is 4.98 Å². The Kier molecular flexibility index (Phi) is 4.41. The van der Waals surface area contributed by atoms with E-state index in [-0.39, 0.29) is 6.61 Å². The molecule has 4 heteroatoms. The van der Waals surface area contributed by atoms with Crippen LogP contribution >= 0.6 is 0 Å². The van der Waals surface area contributed by atoms with Crippen LogP contribution in [0.2, 0.25) is 0 Å². The monoisotopic (exact) mass is 292 g/mol. The number of aromatic nitrogens is 2. The predicted molar refractivity (Wildman–Crippen MR) is 84.2 cm³/mol. The number of pyridine rings is 2. The molecule has 0 bridgehead atoms. The lowest BCUT2D eigenvalue weighted by molar-refractivity contribution is 0.281. The van der Waals surface area contributed by atoms with Gasteiger partial charge >= 0.3 is 0 Å². The van der Waals surface area contributed by atoms with Crippen LogP contribution in [0.15, 0.2) is 67.1 Å². The molecule has 0 amide bonds. The van der Waals surface area contributed by atoms with Crippen molar-refractivity contribution in [2.24, 2.45) is 0 Å². The normalized spacial score (nSPS) is 10.4. The minimum atomic E-state index is -0.0213. The van der Waals surface area contributed by atoms with Gasteiger partial charge in [0.25, 0.3) is 0 Å². The summed E-state index contributed by atoms with van der Waals surface area (Å²) in [7, 11) is 0. The van der Waals surface area contributed by atoms with Crippen molar-refractivity contribution >= 4 is 0 Å². The van der Waals surface area contributed by atoms with Gasteiger partial charge in [0.15, 0.2) is 0 Å². The van der Waals surface area contributed by atoms with E-state index in [2.05, 4.69) is 9.97 Å². The summed E-state index contributed by atoms with van der Waals surface area (Å²) in [4.78, 5) is 8.42. The molecule has 22 heavy (non-hydrogen) atoms. The Bertz CT molecular complexity index is 728. The number of benzene rings is 1. The number of hydrogen-bond acceptors (Lipinski definition) is 4. The van der Waals surface area contributed by atoms with Crippen molar-refractivity contribution in [2.45, 2.75) is 13.2 Å². The number of aliphatic hydroxyl groups is 1. The van der Waals surface area contributed by atoms with Crippen molar-refractivity contribution in [1.29, 1.82) is 0 Å². The van der Waals surface area contributed by atoms with Crippen molar-refractivity contribution in [2.75, 3.05) is 0 Å². The number of nitrogens with zero attached hydrogens (tertiary/aromatic N) is 2. The van der Waals surface area contributed by atoms with Gasteiger partial charge in [-0.05, 0) is 23.3 Å². The maximum Gasteiger partial charge on any atom is 0.213 e. The third-order valence-corrected chi connectivity index (χ3v) is 3.28. The molecule has 0 atom stereocenters. The van der Waals surface area contributed by atoms with E-state index in [9.17, 15) is 0 Å². The van der Waals surface area contributed by atoms with E-state index >= 15 is 0 Å². The Morgan fingerprint density at radius 2 is 1.73 bits per heavy atom. The van der Waals surface area contributed by atoms with Gasteiger partial charge in [0, 0.05) is 35.8 Å². The fourth-order valence-corrected chi connectivity index (χ4v) is 2.10. The van der Waals surface area contributed by atoms with Gasteiger partial charge in [0.2, 0.25) is 5.88 Å². The zero-order chi connectivity index (χ0) is 15.2. The smallest absolute Gasteiger partial charge is 0.213 e. The Morgan fingerprint density at radius 1 is 0.864 bits per heavy atom.